The van der Waals surface area contributed by atoms with E-state index in [0.29, 0.717) is 5.71 Å². The highest BCUT2D eigenvalue weighted by atomic mass is 79.9. The van der Waals surface area contributed by atoms with Crippen molar-refractivity contribution in [2.75, 3.05) is 0 Å². The molecule has 0 radical (unpaired) electrons. The van der Waals surface area contributed by atoms with Crippen molar-refractivity contribution in [3.63, 3.8) is 0 Å². The zero-order valence-corrected chi connectivity index (χ0v) is 13.1. The third-order valence-corrected chi connectivity index (χ3v) is 3.12. The third-order valence-electron chi connectivity index (χ3n) is 2.63. The molecular formula is C17H14BrNO2. The van der Waals surface area contributed by atoms with Gasteiger partial charge in [-0.1, -0.05) is 69.6 Å². The maximum atomic E-state index is 11.0. The molecule has 0 aliphatic rings. The van der Waals surface area contributed by atoms with Crippen LogP contribution in [-0.2, 0) is 9.63 Å². The van der Waals surface area contributed by atoms with E-state index in [9.17, 15) is 4.79 Å². The monoisotopic (exact) mass is 343 g/mol. The summed E-state index contributed by atoms with van der Waals surface area (Å²) in [4.78, 5) is 15.7. The zero-order valence-electron chi connectivity index (χ0n) is 11.5. The first kappa shape index (κ1) is 15.2. The fraction of sp³-hybridized carbons (Fsp3) is 0.0588. The molecule has 0 aliphatic heterocycles. The largest absolute Gasteiger partial charge is 0.332 e. The first-order chi connectivity index (χ1) is 10.1. The number of oxime groups is 1. The van der Waals surface area contributed by atoms with Gasteiger partial charge in [0.15, 0.2) is 0 Å². The van der Waals surface area contributed by atoms with Gasteiger partial charge in [0.1, 0.15) is 5.71 Å². The fourth-order valence-corrected chi connectivity index (χ4v) is 2.08. The van der Waals surface area contributed by atoms with Crippen LogP contribution in [0.5, 0.6) is 0 Å². The normalized spacial score (nSPS) is 11.6. The molecule has 0 fully saturated rings. The summed E-state index contributed by atoms with van der Waals surface area (Å²) in [5, 5.41) is 3.91. The van der Waals surface area contributed by atoms with Crippen LogP contribution in [-0.4, -0.2) is 11.7 Å². The number of hydrogen-bond donors (Lipinski definition) is 0. The van der Waals surface area contributed by atoms with Gasteiger partial charge in [0.2, 0.25) is 0 Å². The molecule has 0 aromatic heterocycles. The highest BCUT2D eigenvalue weighted by molar-refractivity contribution is 9.10. The predicted octanol–water partition coefficient (Wildman–Crippen LogP) is 4.43. The Kier molecular flexibility index (Phi) is 5.46. The lowest BCUT2D eigenvalue weighted by Crippen LogP contribution is -2.01. The number of allylic oxidation sites excluding steroid dienone is 1. The van der Waals surface area contributed by atoms with Crippen molar-refractivity contribution in [2.24, 2.45) is 5.16 Å². The van der Waals surface area contributed by atoms with Gasteiger partial charge in [-0.25, -0.2) is 4.79 Å². The van der Waals surface area contributed by atoms with Crippen molar-refractivity contribution < 1.29 is 9.63 Å². The van der Waals surface area contributed by atoms with E-state index in [4.69, 9.17) is 4.84 Å². The van der Waals surface area contributed by atoms with E-state index in [2.05, 4.69) is 21.1 Å². The van der Waals surface area contributed by atoms with Gasteiger partial charge in [0.05, 0.1) is 0 Å². The fourth-order valence-electron chi connectivity index (χ4n) is 1.68. The maximum absolute atomic E-state index is 11.0. The standard InChI is InChI=1S/C17H14BrNO2/c1-13(20)21-19-17(15-8-5-9-16(18)12-15)11-10-14-6-3-2-4-7-14/h2-12H,1H3. The smallest absolute Gasteiger partial charge is 0.318 e. The number of rotatable bonds is 4. The quantitative estimate of drug-likeness (QED) is 0.468. The lowest BCUT2D eigenvalue weighted by atomic mass is 10.1. The van der Waals surface area contributed by atoms with Gasteiger partial charge < -0.3 is 4.84 Å². The van der Waals surface area contributed by atoms with Crippen molar-refractivity contribution in [3.8, 4) is 0 Å². The second kappa shape index (κ2) is 7.55. The van der Waals surface area contributed by atoms with E-state index < -0.39 is 5.97 Å². The molecule has 0 aliphatic carbocycles. The first-order valence-corrected chi connectivity index (χ1v) is 7.19. The van der Waals surface area contributed by atoms with E-state index in [1.165, 1.54) is 6.92 Å². The number of nitrogens with zero attached hydrogens (tertiary/aromatic N) is 1. The molecule has 0 heterocycles. The zero-order chi connectivity index (χ0) is 15.1. The molecule has 0 amide bonds. The van der Waals surface area contributed by atoms with E-state index in [0.717, 1.165) is 15.6 Å². The molecule has 0 N–H and O–H groups in total. The number of carbonyl (C=O) groups is 1. The number of hydrogen-bond acceptors (Lipinski definition) is 3. The molecule has 3 nitrogen and oxygen atoms in total. The molecule has 0 atom stereocenters. The molecule has 0 spiro atoms. The average molecular weight is 344 g/mol. The van der Waals surface area contributed by atoms with Crippen LogP contribution in [0.25, 0.3) is 6.08 Å². The summed E-state index contributed by atoms with van der Waals surface area (Å²) in [6.07, 6.45) is 3.74. The Morgan fingerprint density at radius 3 is 2.57 bits per heavy atom. The van der Waals surface area contributed by atoms with Crippen LogP contribution in [0.1, 0.15) is 18.1 Å². The van der Waals surface area contributed by atoms with Gasteiger partial charge >= 0.3 is 5.97 Å². The van der Waals surface area contributed by atoms with Crippen LogP contribution in [0.15, 0.2) is 70.3 Å². The van der Waals surface area contributed by atoms with Crippen LogP contribution < -0.4 is 0 Å². The minimum atomic E-state index is -0.449. The summed E-state index contributed by atoms with van der Waals surface area (Å²) in [5.74, 6) is -0.449. The summed E-state index contributed by atoms with van der Waals surface area (Å²) in [6, 6.07) is 17.5. The van der Waals surface area contributed by atoms with E-state index in [-0.39, 0.29) is 0 Å². The van der Waals surface area contributed by atoms with Crippen molar-refractivity contribution >= 4 is 33.7 Å². The lowest BCUT2D eigenvalue weighted by Gasteiger charge is -2.02. The van der Waals surface area contributed by atoms with E-state index >= 15 is 0 Å². The molecule has 0 unspecified atom stereocenters. The molecule has 4 heteroatoms. The topological polar surface area (TPSA) is 38.7 Å². The lowest BCUT2D eigenvalue weighted by molar-refractivity contribution is -0.140. The van der Waals surface area contributed by atoms with Crippen molar-refractivity contribution in [1.29, 1.82) is 0 Å². The summed E-state index contributed by atoms with van der Waals surface area (Å²) < 4.78 is 0.934. The highest BCUT2D eigenvalue weighted by Gasteiger charge is 2.03. The third kappa shape index (κ3) is 5.00. The number of halogens is 1. The predicted molar refractivity (Wildman–Crippen MR) is 87.9 cm³/mol. The van der Waals surface area contributed by atoms with Crippen molar-refractivity contribution in [1.82, 2.24) is 0 Å². The SMILES string of the molecule is CC(=O)ON=C(C=Cc1ccccc1)c1cccc(Br)c1. The molecule has 21 heavy (non-hydrogen) atoms. The second-order valence-electron chi connectivity index (χ2n) is 4.31. The molecule has 2 aromatic rings. The molecule has 2 aromatic carbocycles. The van der Waals surface area contributed by atoms with Gasteiger partial charge in [0.25, 0.3) is 0 Å². The average Bonchev–Trinajstić information content (AvgIpc) is 2.48. The van der Waals surface area contributed by atoms with Crippen LogP contribution in [0, 0.1) is 0 Å². The van der Waals surface area contributed by atoms with Crippen LogP contribution in [0.3, 0.4) is 0 Å². The Hall–Kier alpha value is -2.20. The summed E-state index contributed by atoms with van der Waals surface area (Å²) in [6.45, 7) is 1.32. The Labute approximate surface area is 132 Å². The molecule has 2 rings (SSSR count). The van der Waals surface area contributed by atoms with Crippen LogP contribution >= 0.6 is 15.9 Å². The van der Waals surface area contributed by atoms with Gasteiger partial charge in [-0.3, -0.25) is 0 Å². The minimum absolute atomic E-state index is 0.449. The molecule has 106 valence electrons. The number of carbonyl (C=O) groups excluding carboxylic acids is 1. The Morgan fingerprint density at radius 2 is 1.90 bits per heavy atom. The molecule has 0 bridgehead atoms. The highest BCUT2D eigenvalue weighted by Crippen LogP contribution is 2.14. The molecule has 0 saturated carbocycles. The molecular weight excluding hydrogens is 330 g/mol. The van der Waals surface area contributed by atoms with Crippen molar-refractivity contribution in [3.05, 3.63) is 76.3 Å². The summed E-state index contributed by atoms with van der Waals surface area (Å²) >= 11 is 3.42. The second-order valence-corrected chi connectivity index (χ2v) is 5.23. The summed E-state index contributed by atoms with van der Waals surface area (Å²) in [7, 11) is 0. The first-order valence-electron chi connectivity index (χ1n) is 6.40. The van der Waals surface area contributed by atoms with Crippen LogP contribution in [0.4, 0.5) is 0 Å². The Bertz CT molecular complexity index is 678. The maximum Gasteiger partial charge on any atom is 0.332 e. The van der Waals surface area contributed by atoms with Gasteiger partial charge in [0, 0.05) is 17.0 Å². The Morgan fingerprint density at radius 1 is 1.14 bits per heavy atom. The van der Waals surface area contributed by atoms with Gasteiger partial charge in [-0.15, -0.1) is 0 Å². The summed E-state index contributed by atoms with van der Waals surface area (Å²) in [5.41, 5.74) is 2.48. The van der Waals surface area contributed by atoms with Crippen LogP contribution in [0.2, 0.25) is 0 Å². The van der Waals surface area contributed by atoms with Crippen molar-refractivity contribution in [2.45, 2.75) is 6.92 Å². The number of benzene rings is 2. The van der Waals surface area contributed by atoms with Gasteiger partial charge in [-0.2, -0.15) is 0 Å². The minimum Gasteiger partial charge on any atom is -0.318 e. The van der Waals surface area contributed by atoms with E-state index in [1.807, 2.05) is 66.7 Å². The van der Waals surface area contributed by atoms with Gasteiger partial charge in [-0.05, 0) is 23.8 Å². The molecule has 0 saturated heterocycles. The Balaban J connectivity index is 2.31. The van der Waals surface area contributed by atoms with E-state index in [1.54, 1.807) is 0 Å².